The van der Waals surface area contributed by atoms with Gasteiger partial charge in [-0.05, 0) is 0 Å². The molecule has 5 N–H and O–H groups in total. The molecule has 1 saturated heterocycles. The first-order valence-corrected chi connectivity index (χ1v) is 7.02. The minimum Gasteiger partial charge on any atom is -0.390 e. The minimum atomic E-state index is -0.747. The maximum Gasteiger partial charge on any atom is 0.280 e. The SMILES string of the molecule is Nc1nc2c(ncn2[C@H]2CC(O)[C@@H](COPO)O2)c(=O)[nH]1. The van der Waals surface area contributed by atoms with Crippen LogP contribution in [-0.4, -0.2) is 48.3 Å². The van der Waals surface area contributed by atoms with Crippen molar-refractivity contribution in [2.75, 3.05) is 12.3 Å². The van der Waals surface area contributed by atoms with Crippen molar-refractivity contribution >= 4 is 26.1 Å². The zero-order valence-corrected chi connectivity index (χ0v) is 11.8. The van der Waals surface area contributed by atoms with Crippen LogP contribution in [0, 0.1) is 0 Å². The molecule has 0 bridgehead atoms. The molecule has 2 unspecified atom stereocenters. The molecular formula is C10H14N5O5P. The molecule has 0 saturated carbocycles. The van der Waals surface area contributed by atoms with Gasteiger partial charge in [0, 0.05) is 6.42 Å². The van der Waals surface area contributed by atoms with E-state index < -0.39 is 33.0 Å². The molecule has 0 amide bonds. The number of nitrogens with two attached hydrogens (primary N) is 1. The van der Waals surface area contributed by atoms with Crippen molar-refractivity contribution < 1.29 is 19.3 Å². The first-order chi connectivity index (χ1) is 10.1. The third-order valence-electron chi connectivity index (χ3n) is 3.28. The number of nitrogen functional groups attached to an aromatic ring is 1. The van der Waals surface area contributed by atoms with Gasteiger partial charge in [-0.1, -0.05) is 0 Å². The van der Waals surface area contributed by atoms with Crippen molar-refractivity contribution in [2.24, 2.45) is 0 Å². The molecule has 0 aromatic carbocycles. The Morgan fingerprint density at radius 3 is 3.24 bits per heavy atom. The fraction of sp³-hybridized carbons (Fsp3) is 0.500. The van der Waals surface area contributed by atoms with E-state index in [1.165, 1.54) is 6.33 Å². The average molecular weight is 315 g/mol. The second-order valence-corrected chi connectivity index (χ2v) is 5.08. The quantitative estimate of drug-likeness (QED) is 0.518. The number of H-pyrrole nitrogens is 1. The predicted molar refractivity (Wildman–Crippen MR) is 73.6 cm³/mol. The van der Waals surface area contributed by atoms with Gasteiger partial charge in [-0.3, -0.25) is 14.3 Å². The topological polar surface area (TPSA) is 149 Å². The average Bonchev–Trinajstić information content (AvgIpc) is 3.00. The zero-order valence-electron chi connectivity index (χ0n) is 10.8. The maximum absolute atomic E-state index is 11.7. The third-order valence-corrected chi connectivity index (χ3v) is 3.57. The second-order valence-electron chi connectivity index (χ2n) is 4.61. The first-order valence-electron chi connectivity index (χ1n) is 6.17. The highest BCUT2D eigenvalue weighted by molar-refractivity contribution is 7.24. The lowest BCUT2D eigenvalue weighted by atomic mass is 10.2. The summed E-state index contributed by atoms with van der Waals surface area (Å²) in [5.41, 5.74) is 5.54. The summed E-state index contributed by atoms with van der Waals surface area (Å²) in [6, 6.07) is 0. The number of hydrogen-bond donors (Lipinski definition) is 4. The number of aliphatic hydroxyl groups is 1. The number of aliphatic hydroxyl groups excluding tert-OH is 1. The van der Waals surface area contributed by atoms with E-state index in [0.29, 0.717) is 12.1 Å². The number of ether oxygens (including phenoxy) is 1. The lowest BCUT2D eigenvalue weighted by molar-refractivity contribution is -0.0370. The summed E-state index contributed by atoms with van der Waals surface area (Å²) in [4.78, 5) is 30.8. The van der Waals surface area contributed by atoms with Gasteiger partial charge in [0.1, 0.15) is 12.3 Å². The number of fused-ring (bicyclic) bond motifs is 1. The molecule has 3 heterocycles. The Labute approximate surface area is 119 Å². The van der Waals surface area contributed by atoms with Crippen LogP contribution in [0.15, 0.2) is 11.1 Å². The van der Waals surface area contributed by atoms with Crippen LogP contribution >= 0.6 is 9.03 Å². The Bertz CT molecular complexity index is 703. The van der Waals surface area contributed by atoms with E-state index in [1.54, 1.807) is 4.57 Å². The van der Waals surface area contributed by atoms with E-state index in [-0.39, 0.29) is 18.1 Å². The predicted octanol–water partition coefficient (Wildman–Crippen LogP) is -1.13. The first kappa shape index (κ1) is 14.4. The number of anilines is 1. The number of aromatic nitrogens is 4. The molecule has 1 aliphatic rings. The van der Waals surface area contributed by atoms with Gasteiger partial charge in [-0.25, -0.2) is 4.98 Å². The molecule has 2 aromatic rings. The number of imidazole rings is 1. The largest absolute Gasteiger partial charge is 0.390 e. The van der Waals surface area contributed by atoms with Gasteiger partial charge < -0.3 is 25.0 Å². The molecule has 4 atom stereocenters. The van der Waals surface area contributed by atoms with E-state index >= 15 is 0 Å². The number of hydrogen-bond acceptors (Lipinski definition) is 8. The number of nitrogens with one attached hydrogen (secondary N) is 1. The number of nitrogens with zero attached hydrogens (tertiary/aromatic N) is 3. The molecule has 0 radical (unpaired) electrons. The second kappa shape index (κ2) is 5.66. The van der Waals surface area contributed by atoms with Gasteiger partial charge in [0.25, 0.3) is 5.56 Å². The van der Waals surface area contributed by atoms with Gasteiger partial charge >= 0.3 is 0 Å². The molecular weight excluding hydrogens is 301 g/mol. The van der Waals surface area contributed by atoms with E-state index in [0.717, 1.165) is 0 Å². The Morgan fingerprint density at radius 1 is 1.67 bits per heavy atom. The highest BCUT2D eigenvalue weighted by Gasteiger charge is 2.36. The molecule has 11 heteroatoms. The van der Waals surface area contributed by atoms with Crippen LogP contribution in [0.5, 0.6) is 0 Å². The zero-order chi connectivity index (χ0) is 15.0. The highest BCUT2D eigenvalue weighted by atomic mass is 31.1. The smallest absolute Gasteiger partial charge is 0.280 e. The van der Waals surface area contributed by atoms with Gasteiger partial charge in [0.2, 0.25) is 5.95 Å². The Kier molecular flexibility index (Phi) is 3.87. The monoisotopic (exact) mass is 315 g/mol. The summed E-state index contributed by atoms with van der Waals surface area (Å²) in [5, 5.41) is 9.94. The fourth-order valence-corrected chi connectivity index (χ4v) is 2.55. The van der Waals surface area contributed by atoms with Crippen LogP contribution in [0.3, 0.4) is 0 Å². The van der Waals surface area contributed by atoms with Crippen molar-refractivity contribution in [2.45, 2.75) is 24.9 Å². The van der Waals surface area contributed by atoms with E-state index in [4.69, 9.17) is 19.9 Å². The molecule has 0 spiro atoms. The van der Waals surface area contributed by atoms with Gasteiger partial charge in [-0.2, -0.15) is 4.98 Å². The highest BCUT2D eigenvalue weighted by Crippen LogP contribution is 2.31. The maximum atomic E-state index is 11.7. The normalized spacial score (nSPS) is 26.3. The van der Waals surface area contributed by atoms with E-state index in [9.17, 15) is 9.90 Å². The summed E-state index contributed by atoms with van der Waals surface area (Å²) in [7, 11) is -0.665. The standard InChI is InChI=1S/C10H14N5O5P/c11-10-13-8-7(9(17)14-10)12-3-15(8)6-1-4(16)5(20-6)2-19-21-18/h3-6,16,18,21H,1-2H2,(H3,11,13,14,17)/t4?,5-,6-/m1/s1. The lowest BCUT2D eigenvalue weighted by Crippen LogP contribution is -2.25. The number of aromatic amines is 1. The van der Waals surface area contributed by atoms with Crippen LogP contribution in [0.2, 0.25) is 0 Å². The van der Waals surface area contributed by atoms with Crippen LogP contribution in [0.1, 0.15) is 12.6 Å². The van der Waals surface area contributed by atoms with Gasteiger partial charge in [0.05, 0.1) is 19.0 Å². The van der Waals surface area contributed by atoms with Crippen LogP contribution in [-0.2, 0) is 9.26 Å². The summed E-state index contributed by atoms with van der Waals surface area (Å²) in [6.45, 7) is 0.0788. The summed E-state index contributed by atoms with van der Waals surface area (Å²) in [5.74, 6) is -0.0193. The Balaban J connectivity index is 1.90. The molecule has 1 fully saturated rings. The van der Waals surface area contributed by atoms with Crippen molar-refractivity contribution in [1.29, 1.82) is 0 Å². The molecule has 2 aromatic heterocycles. The van der Waals surface area contributed by atoms with Crippen molar-refractivity contribution in [3.63, 3.8) is 0 Å². The van der Waals surface area contributed by atoms with Gasteiger partial charge in [-0.15, -0.1) is 0 Å². The van der Waals surface area contributed by atoms with Gasteiger partial charge in [0.15, 0.2) is 20.2 Å². The van der Waals surface area contributed by atoms with Crippen molar-refractivity contribution in [3.05, 3.63) is 16.7 Å². The summed E-state index contributed by atoms with van der Waals surface area (Å²) in [6.07, 6.45) is -0.132. The van der Waals surface area contributed by atoms with Crippen molar-refractivity contribution in [1.82, 2.24) is 19.5 Å². The Hall–Kier alpha value is -1.58. The molecule has 10 nitrogen and oxygen atoms in total. The fourth-order valence-electron chi connectivity index (χ4n) is 2.31. The van der Waals surface area contributed by atoms with Crippen LogP contribution in [0.4, 0.5) is 5.95 Å². The van der Waals surface area contributed by atoms with Crippen LogP contribution in [0.25, 0.3) is 11.2 Å². The molecule has 114 valence electrons. The Morgan fingerprint density at radius 2 is 2.48 bits per heavy atom. The summed E-state index contributed by atoms with van der Waals surface area (Å²) < 4.78 is 12.1. The molecule has 0 aliphatic carbocycles. The molecule has 21 heavy (non-hydrogen) atoms. The lowest BCUT2D eigenvalue weighted by Gasteiger charge is -2.15. The van der Waals surface area contributed by atoms with Crippen LogP contribution < -0.4 is 11.3 Å². The van der Waals surface area contributed by atoms with Crippen molar-refractivity contribution in [3.8, 4) is 0 Å². The summed E-state index contributed by atoms with van der Waals surface area (Å²) >= 11 is 0. The minimum absolute atomic E-state index is 0.0193. The third kappa shape index (κ3) is 2.63. The number of rotatable bonds is 4. The van der Waals surface area contributed by atoms with E-state index in [2.05, 4.69) is 15.0 Å². The molecule has 1 aliphatic heterocycles. The molecule has 3 rings (SSSR count). The van der Waals surface area contributed by atoms with E-state index in [1.807, 2.05) is 0 Å².